The Hall–Kier alpha value is -3.27. The van der Waals surface area contributed by atoms with Crippen LogP contribution in [0.1, 0.15) is 55.2 Å². The van der Waals surface area contributed by atoms with Crippen LogP contribution in [0.3, 0.4) is 0 Å². The summed E-state index contributed by atoms with van der Waals surface area (Å²) in [5.74, 6) is 0.891. The average molecular weight is 810 g/mol. The highest BCUT2D eigenvalue weighted by Gasteiger charge is 2.38. The lowest BCUT2D eigenvalue weighted by molar-refractivity contribution is -0.137. The Balaban J connectivity index is 1.12. The number of hydrogen-bond acceptors (Lipinski definition) is 5. The number of amides is 5. The Morgan fingerprint density at radius 2 is 1.56 bits per heavy atom. The van der Waals surface area contributed by atoms with E-state index in [0.717, 1.165) is 62.5 Å². The molecule has 10 nitrogen and oxygen atoms in total. The number of rotatable bonds is 6. The molecule has 0 bridgehead atoms. The monoisotopic (exact) mass is 809 g/mol. The summed E-state index contributed by atoms with van der Waals surface area (Å²) >= 11 is 1.78. The number of anilines is 2. The van der Waals surface area contributed by atoms with Crippen LogP contribution in [0.4, 0.5) is 34.1 Å². The number of nitrogens with two attached hydrogens (primary N) is 1. The van der Waals surface area contributed by atoms with Crippen molar-refractivity contribution < 1.29 is 27.6 Å². The van der Waals surface area contributed by atoms with Gasteiger partial charge in [-0.3, -0.25) is 4.79 Å². The van der Waals surface area contributed by atoms with Crippen LogP contribution < -0.4 is 16.4 Å². The number of benzene rings is 2. The Bertz CT molecular complexity index is 1550. The molecule has 50 heavy (non-hydrogen) atoms. The molecule has 5 amide bonds. The van der Waals surface area contributed by atoms with E-state index in [4.69, 9.17) is 5.73 Å². The van der Waals surface area contributed by atoms with Crippen molar-refractivity contribution >= 4 is 51.9 Å². The van der Waals surface area contributed by atoms with E-state index in [9.17, 15) is 27.6 Å². The SMILES string of the molecule is CN1CCC(C2CCN(C(=O)[C@@H](Cc3cc(I)c(N)c(C(F)(F)F)c3)NC(=O)N3CCC(N4CCc5ccccc5NC4=O)CC3)CC2)CC1. The maximum absolute atomic E-state index is 14.1. The highest BCUT2D eigenvalue weighted by molar-refractivity contribution is 14.1. The van der Waals surface area contributed by atoms with E-state index in [1.807, 2.05) is 29.2 Å². The van der Waals surface area contributed by atoms with Crippen molar-refractivity contribution in [2.45, 2.75) is 69.6 Å². The lowest BCUT2D eigenvalue weighted by Gasteiger charge is -2.41. The number of carbonyl (C=O) groups is 3. The van der Waals surface area contributed by atoms with E-state index < -0.39 is 23.8 Å². The first kappa shape index (κ1) is 36.5. The van der Waals surface area contributed by atoms with Gasteiger partial charge < -0.3 is 36.0 Å². The number of carbonyl (C=O) groups excluding carboxylic acids is 3. The zero-order valence-corrected chi connectivity index (χ0v) is 30.6. The van der Waals surface area contributed by atoms with E-state index in [-0.39, 0.29) is 39.2 Å². The maximum Gasteiger partial charge on any atom is 0.418 e. The summed E-state index contributed by atoms with van der Waals surface area (Å²) in [5, 5.41) is 5.92. The topological polar surface area (TPSA) is 114 Å². The Morgan fingerprint density at radius 3 is 2.22 bits per heavy atom. The highest BCUT2D eigenvalue weighted by atomic mass is 127. The fourth-order valence-electron chi connectivity index (χ4n) is 8.13. The number of alkyl halides is 3. The molecule has 14 heteroatoms. The van der Waals surface area contributed by atoms with Crippen molar-refractivity contribution in [3.8, 4) is 0 Å². The van der Waals surface area contributed by atoms with E-state index in [1.54, 1.807) is 38.5 Å². The van der Waals surface area contributed by atoms with E-state index in [2.05, 4.69) is 22.6 Å². The van der Waals surface area contributed by atoms with Crippen molar-refractivity contribution in [1.82, 2.24) is 24.9 Å². The number of para-hydroxylation sites is 1. The third-order valence-corrected chi connectivity index (χ3v) is 12.0. The fourth-order valence-corrected chi connectivity index (χ4v) is 8.82. The second-order valence-corrected chi connectivity index (χ2v) is 15.5. The van der Waals surface area contributed by atoms with Gasteiger partial charge in [0.25, 0.3) is 0 Å². The second kappa shape index (κ2) is 15.5. The molecular weight excluding hydrogens is 762 g/mol. The summed E-state index contributed by atoms with van der Waals surface area (Å²) in [6, 6.07) is 8.63. The molecule has 3 fully saturated rings. The zero-order valence-electron chi connectivity index (χ0n) is 28.5. The third kappa shape index (κ3) is 8.43. The molecule has 2 aromatic carbocycles. The van der Waals surface area contributed by atoms with Gasteiger partial charge in [-0.25, -0.2) is 9.59 Å². The van der Waals surface area contributed by atoms with E-state index in [1.165, 1.54) is 0 Å². The van der Waals surface area contributed by atoms with Gasteiger partial charge in [-0.1, -0.05) is 18.2 Å². The van der Waals surface area contributed by atoms with Crippen molar-refractivity contribution in [2.24, 2.45) is 11.8 Å². The van der Waals surface area contributed by atoms with Crippen LogP contribution in [-0.2, 0) is 23.8 Å². The molecule has 4 aliphatic rings. The summed E-state index contributed by atoms with van der Waals surface area (Å²) < 4.78 is 41.9. The van der Waals surface area contributed by atoms with Gasteiger partial charge in [-0.2, -0.15) is 13.2 Å². The van der Waals surface area contributed by atoms with Gasteiger partial charge in [0.1, 0.15) is 6.04 Å². The van der Waals surface area contributed by atoms with Crippen molar-refractivity contribution in [2.75, 3.05) is 63.9 Å². The number of fused-ring (bicyclic) bond motifs is 1. The van der Waals surface area contributed by atoms with Crippen LogP contribution in [0.25, 0.3) is 0 Å². The molecule has 0 aromatic heterocycles. The van der Waals surface area contributed by atoms with Crippen LogP contribution >= 0.6 is 22.6 Å². The molecule has 0 aliphatic carbocycles. The van der Waals surface area contributed by atoms with Crippen molar-refractivity contribution in [3.63, 3.8) is 0 Å². The first-order valence-corrected chi connectivity index (χ1v) is 18.8. The largest absolute Gasteiger partial charge is 0.418 e. The molecule has 0 saturated carbocycles. The minimum atomic E-state index is -4.66. The third-order valence-electron chi connectivity index (χ3n) is 11.1. The lowest BCUT2D eigenvalue weighted by Crippen LogP contribution is -2.57. The second-order valence-electron chi connectivity index (χ2n) is 14.3. The predicted molar refractivity (Wildman–Crippen MR) is 195 cm³/mol. The summed E-state index contributed by atoms with van der Waals surface area (Å²) in [7, 11) is 2.14. The lowest BCUT2D eigenvalue weighted by atomic mass is 9.79. The van der Waals surface area contributed by atoms with Crippen LogP contribution in [0, 0.1) is 15.4 Å². The van der Waals surface area contributed by atoms with Gasteiger partial charge in [0, 0.05) is 54.4 Å². The van der Waals surface area contributed by atoms with Crippen LogP contribution in [0.15, 0.2) is 36.4 Å². The maximum atomic E-state index is 14.1. The number of nitrogens with one attached hydrogen (secondary N) is 2. The molecule has 0 unspecified atom stereocenters. The van der Waals surface area contributed by atoms with Crippen LogP contribution in [0.5, 0.6) is 0 Å². The normalized spacial score (nSPS) is 21.0. The summed E-state index contributed by atoms with van der Waals surface area (Å²) in [6.07, 6.45) is 1.18. The predicted octanol–water partition coefficient (Wildman–Crippen LogP) is 5.65. The Labute approximate surface area is 305 Å². The molecule has 6 rings (SSSR count). The minimum Gasteiger partial charge on any atom is -0.397 e. The molecule has 4 aliphatic heterocycles. The van der Waals surface area contributed by atoms with Crippen molar-refractivity contribution in [1.29, 1.82) is 0 Å². The Kier molecular flexibility index (Phi) is 11.4. The van der Waals surface area contributed by atoms with Gasteiger partial charge in [-0.15, -0.1) is 0 Å². The van der Waals surface area contributed by atoms with E-state index >= 15 is 0 Å². The number of urea groups is 2. The molecule has 3 saturated heterocycles. The van der Waals surface area contributed by atoms with Gasteiger partial charge >= 0.3 is 18.2 Å². The number of hydrogen-bond donors (Lipinski definition) is 3. The van der Waals surface area contributed by atoms with E-state index in [0.29, 0.717) is 57.4 Å². The van der Waals surface area contributed by atoms with Gasteiger partial charge in [0.2, 0.25) is 5.91 Å². The average Bonchev–Trinajstić information content (AvgIpc) is 3.27. The number of piperidine rings is 3. The molecule has 0 spiro atoms. The first-order valence-electron chi connectivity index (χ1n) is 17.7. The molecule has 1 atom stereocenters. The molecule has 2 aromatic rings. The van der Waals surface area contributed by atoms with Crippen molar-refractivity contribution in [3.05, 3.63) is 56.7 Å². The van der Waals surface area contributed by atoms with Gasteiger partial charge in [0.05, 0.1) is 11.3 Å². The summed E-state index contributed by atoms with van der Waals surface area (Å²) in [4.78, 5) is 48.5. The van der Waals surface area contributed by atoms with Gasteiger partial charge in [-0.05, 0) is 129 Å². The minimum absolute atomic E-state index is 0.0470. The highest BCUT2D eigenvalue weighted by Crippen LogP contribution is 2.37. The number of nitrogens with zero attached hydrogens (tertiary/aromatic N) is 4. The number of nitrogen functional groups attached to an aromatic ring is 1. The molecule has 272 valence electrons. The quantitative estimate of drug-likeness (QED) is 0.258. The summed E-state index contributed by atoms with van der Waals surface area (Å²) in [6.45, 7) is 4.61. The zero-order chi connectivity index (χ0) is 35.6. The molecule has 4 N–H and O–H groups in total. The summed E-state index contributed by atoms with van der Waals surface area (Å²) in [5.41, 5.74) is 6.68. The van der Waals surface area contributed by atoms with Crippen LogP contribution in [-0.4, -0.2) is 103 Å². The smallest absolute Gasteiger partial charge is 0.397 e. The fraction of sp³-hybridized carbons (Fsp3) is 0.583. The van der Waals surface area contributed by atoms with Crippen LogP contribution in [0.2, 0.25) is 0 Å². The number of likely N-dealkylation sites (tertiary alicyclic amines) is 3. The standard InChI is InChI=1S/C36H47F3IN7O3/c1-44-13-6-24(7-14-44)25-8-15-45(16-9-25)33(48)31(22-23-20-28(36(37,38)39)32(41)29(40)21-23)43-34(49)46-17-11-27(12-18-46)47-19-10-26-4-2-3-5-30(26)42-35(47)50/h2-5,20-21,24-25,27,31H,6-19,22,41H2,1H3,(H,42,50)(H,43,49)/t31-/m1/s1. The number of halogens is 4. The molecule has 4 heterocycles. The molecular formula is C36H47F3IN7O3. The Morgan fingerprint density at radius 1 is 0.940 bits per heavy atom. The van der Waals surface area contributed by atoms with Gasteiger partial charge in [0.15, 0.2) is 0 Å². The molecule has 0 radical (unpaired) electrons. The first-order chi connectivity index (χ1) is 23.9.